The van der Waals surface area contributed by atoms with Crippen LogP contribution in [-0.4, -0.2) is 26.0 Å². The van der Waals surface area contributed by atoms with Crippen LogP contribution in [0.3, 0.4) is 0 Å². The van der Waals surface area contributed by atoms with Gasteiger partial charge in [0.2, 0.25) is 11.1 Å². The molecule has 0 unspecified atom stereocenters. The van der Waals surface area contributed by atoms with E-state index >= 15 is 0 Å². The summed E-state index contributed by atoms with van der Waals surface area (Å²) in [6.45, 7) is 5.71. The smallest absolute Gasteiger partial charge is 0.237 e. The number of para-hydroxylation sites is 1. The van der Waals surface area contributed by atoms with Gasteiger partial charge >= 0.3 is 0 Å². The fourth-order valence-electron chi connectivity index (χ4n) is 2.74. The van der Waals surface area contributed by atoms with Gasteiger partial charge in [-0.05, 0) is 49.6 Å². The Bertz CT molecular complexity index is 967. The molecule has 6 nitrogen and oxygen atoms in total. The molecule has 0 aliphatic carbocycles. The molecule has 8 heteroatoms. The largest absolute Gasteiger partial charge is 0.336 e. The van der Waals surface area contributed by atoms with Gasteiger partial charge in [-0.25, -0.2) is 9.07 Å². The lowest BCUT2D eigenvalue weighted by Gasteiger charge is -2.15. The highest BCUT2D eigenvalue weighted by Crippen LogP contribution is 2.25. The quantitative estimate of drug-likeness (QED) is 0.490. The number of halogens is 1. The molecular formula is C20H22FN5OS. The number of hydrogen-bond donors (Lipinski definition) is 2. The minimum Gasteiger partial charge on any atom is -0.336 e. The highest BCUT2D eigenvalue weighted by Gasteiger charge is 2.20. The van der Waals surface area contributed by atoms with Crippen molar-refractivity contribution in [2.45, 2.75) is 37.6 Å². The molecule has 0 bridgehead atoms. The summed E-state index contributed by atoms with van der Waals surface area (Å²) in [5, 5.41) is 11.2. The average molecular weight is 399 g/mol. The monoisotopic (exact) mass is 399 g/mol. The first kappa shape index (κ1) is 19.9. The number of aryl methyl sites for hydroxylation is 2. The summed E-state index contributed by atoms with van der Waals surface area (Å²) >= 11 is 1.24. The first-order chi connectivity index (χ1) is 13.3. The van der Waals surface area contributed by atoms with Gasteiger partial charge in [-0.15, -0.1) is 10.2 Å². The van der Waals surface area contributed by atoms with Crippen LogP contribution in [0.4, 0.5) is 10.1 Å². The summed E-state index contributed by atoms with van der Waals surface area (Å²) in [6.07, 6.45) is 0.424. The molecule has 1 atom stereocenters. The third-order valence-corrected chi connectivity index (χ3v) is 5.45. The van der Waals surface area contributed by atoms with Gasteiger partial charge in [0, 0.05) is 12.1 Å². The normalized spacial score (nSPS) is 12.0. The Labute approximate surface area is 167 Å². The van der Waals surface area contributed by atoms with Gasteiger partial charge in [0.05, 0.1) is 5.25 Å². The van der Waals surface area contributed by atoms with Crippen molar-refractivity contribution in [3.63, 3.8) is 0 Å². The van der Waals surface area contributed by atoms with Crippen LogP contribution < -0.4 is 11.2 Å². The van der Waals surface area contributed by atoms with Crippen molar-refractivity contribution in [2.75, 3.05) is 11.2 Å². The molecule has 0 spiro atoms. The second kappa shape index (κ2) is 8.43. The molecule has 0 saturated carbocycles. The number of amides is 1. The number of nitrogens with two attached hydrogens (primary N) is 1. The van der Waals surface area contributed by atoms with E-state index in [-0.39, 0.29) is 11.7 Å². The van der Waals surface area contributed by atoms with E-state index < -0.39 is 5.25 Å². The fourth-order valence-corrected chi connectivity index (χ4v) is 3.53. The Morgan fingerprint density at radius 2 is 1.82 bits per heavy atom. The average Bonchev–Trinajstić information content (AvgIpc) is 3.00. The number of benzene rings is 2. The number of carbonyl (C=O) groups excluding carboxylic acids is 1. The van der Waals surface area contributed by atoms with Crippen molar-refractivity contribution in [3.8, 4) is 0 Å². The third-order valence-electron chi connectivity index (χ3n) is 4.39. The van der Waals surface area contributed by atoms with Crippen LogP contribution in [0.25, 0.3) is 0 Å². The molecule has 0 aliphatic heterocycles. The summed E-state index contributed by atoms with van der Waals surface area (Å²) in [6, 6.07) is 12.0. The number of rotatable bonds is 6. The van der Waals surface area contributed by atoms with Crippen LogP contribution in [0.2, 0.25) is 0 Å². The number of nitrogens with zero attached hydrogens (tertiary/aromatic N) is 3. The maximum atomic E-state index is 13.0. The molecule has 3 N–H and O–H groups in total. The van der Waals surface area contributed by atoms with E-state index in [0.717, 1.165) is 22.4 Å². The lowest BCUT2D eigenvalue weighted by atomic mass is 10.1. The van der Waals surface area contributed by atoms with Crippen LogP contribution >= 0.6 is 11.8 Å². The minimum absolute atomic E-state index is 0.134. The minimum atomic E-state index is -0.413. The Balaban J connectivity index is 1.67. The number of anilines is 1. The Kier molecular flexibility index (Phi) is 5.99. The third kappa shape index (κ3) is 4.51. The van der Waals surface area contributed by atoms with E-state index in [4.69, 9.17) is 5.84 Å². The number of thioether (sulfide) groups is 1. The fraction of sp³-hybridized carbons (Fsp3) is 0.250. The molecule has 0 fully saturated rings. The molecule has 146 valence electrons. The molecule has 3 aromatic rings. The van der Waals surface area contributed by atoms with Crippen molar-refractivity contribution < 1.29 is 9.18 Å². The lowest BCUT2D eigenvalue weighted by Crippen LogP contribution is -2.24. The number of carbonyl (C=O) groups is 1. The van der Waals surface area contributed by atoms with E-state index in [9.17, 15) is 9.18 Å². The summed E-state index contributed by atoms with van der Waals surface area (Å²) in [7, 11) is 0. The summed E-state index contributed by atoms with van der Waals surface area (Å²) in [5.41, 5.74) is 3.72. The zero-order valence-electron chi connectivity index (χ0n) is 15.9. The van der Waals surface area contributed by atoms with Crippen molar-refractivity contribution in [1.82, 2.24) is 14.9 Å². The van der Waals surface area contributed by atoms with E-state index in [1.54, 1.807) is 19.1 Å². The van der Waals surface area contributed by atoms with Crippen molar-refractivity contribution in [3.05, 3.63) is 70.8 Å². The molecule has 28 heavy (non-hydrogen) atoms. The highest BCUT2D eigenvalue weighted by atomic mass is 32.2. The summed E-state index contributed by atoms with van der Waals surface area (Å²) < 4.78 is 14.4. The molecule has 0 radical (unpaired) electrons. The predicted molar refractivity (Wildman–Crippen MR) is 109 cm³/mol. The zero-order valence-corrected chi connectivity index (χ0v) is 16.8. The number of nitrogen functional groups attached to an aromatic ring is 1. The molecule has 0 aliphatic rings. The molecule has 1 aromatic heterocycles. The Morgan fingerprint density at radius 3 is 2.46 bits per heavy atom. The molecule has 0 saturated heterocycles. The number of nitrogens with one attached hydrogen (secondary N) is 1. The Morgan fingerprint density at radius 1 is 1.18 bits per heavy atom. The van der Waals surface area contributed by atoms with E-state index in [0.29, 0.717) is 17.4 Å². The van der Waals surface area contributed by atoms with Gasteiger partial charge in [0.15, 0.2) is 5.82 Å². The molecule has 2 aromatic carbocycles. The second-order valence-electron chi connectivity index (χ2n) is 6.59. The van der Waals surface area contributed by atoms with Gasteiger partial charge in [-0.3, -0.25) is 4.79 Å². The van der Waals surface area contributed by atoms with Crippen LogP contribution in [0, 0.1) is 19.7 Å². The van der Waals surface area contributed by atoms with Crippen LogP contribution in [0.15, 0.2) is 47.6 Å². The van der Waals surface area contributed by atoms with Crippen LogP contribution in [-0.2, 0) is 11.2 Å². The van der Waals surface area contributed by atoms with Gasteiger partial charge in [-0.1, -0.05) is 42.1 Å². The first-order valence-electron chi connectivity index (χ1n) is 8.82. The lowest BCUT2D eigenvalue weighted by molar-refractivity contribution is -0.115. The molecule has 3 rings (SSSR count). The van der Waals surface area contributed by atoms with Crippen molar-refractivity contribution in [2.24, 2.45) is 0 Å². The first-order valence-corrected chi connectivity index (χ1v) is 9.70. The summed E-state index contributed by atoms with van der Waals surface area (Å²) in [5.74, 6) is 6.21. The molecule has 1 heterocycles. The van der Waals surface area contributed by atoms with Crippen molar-refractivity contribution in [1.29, 1.82) is 0 Å². The Hall–Kier alpha value is -2.87. The van der Waals surface area contributed by atoms with Gasteiger partial charge in [0.1, 0.15) is 5.82 Å². The molecule has 1 amide bonds. The van der Waals surface area contributed by atoms with Crippen LogP contribution in [0.1, 0.15) is 29.4 Å². The van der Waals surface area contributed by atoms with Gasteiger partial charge in [0.25, 0.3) is 0 Å². The molecular weight excluding hydrogens is 377 g/mol. The maximum absolute atomic E-state index is 13.0. The van der Waals surface area contributed by atoms with E-state index in [1.807, 2.05) is 32.0 Å². The van der Waals surface area contributed by atoms with Crippen molar-refractivity contribution >= 4 is 23.4 Å². The highest BCUT2D eigenvalue weighted by molar-refractivity contribution is 8.00. The van der Waals surface area contributed by atoms with Gasteiger partial charge in [-0.2, -0.15) is 0 Å². The van der Waals surface area contributed by atoms with E-state index in [2.05, 4.69) is 15.5 Å². The second-order valence-corrected chi connectivity index (χ2v) is 7.90. The predicted octanol–water partition coefficient (Wildman–Crippen LogP) is 3.46. The van der Waals surface area contributed by atoms with Gasteiger partial charge < -0.3 is 11.2 Å². The zero-order chi connectivity index (χ0) is 20.3. The van der Waals surface area contributed by atoms with E-state index in [1.165, 1.54) is 28.6 Å². The SMILES string of the molecule is Cc1cccc(C)c1NC(=O)[C@@H](C)Sc1nnc(Cc2ccc(F)cc2)n1N. The van der Waals surface area contributed by atoms with Crippen LogP contribution in [0.5, 0.6) is 0 Å². The summed E-state index contributed by atoms with van der Waals surface area (Å²) in [4.78, 5) is 12.6. The standard InChI is InChI=1S/C20H22FN5OS/c1-12-5-4-6-13(2)18(12)23-19(27)14(3)28-20-25-24-17(26(20)22)11-15-7-9-16(21)10-8-15/h4-10,14H,11,22H2,1-3H3,(H,23,27)/t14-/m1/s1. The maximum Gasteiger partial charge on any atom is 0.237 e. The topological polar surface area (TPSA) is 85.8 Å². The number of hydrogen-bond acceptors (Lipinski definition) is 5. The number of aromatic nitrogens is 3.